The largest absolute Gasteiger partial charge is 0.400 e. The zero-order chi connectivity index (χ0) is 18.5. The molecule has 2 aromatic rings. The highest BCUT2D eigenvalue weighted by atomic mass is 31.2. The number of anilines is 1. The molecule has 0 aliphatic carbocycles. The van der Waals surface area contributed by atoms with Crippen LogP contribution in [0.15, 0.2) is 11.1 Å². The monoisotopic (exact) mass is 377 g/mol. The van der Waals surface area contributed by atoms with Crippen LogP contribution in [-0.4, -0.2) is 54.6 Å². The van der Waals surface area contributed by atoms with E-state index in [-0.39, 0.29) is 17.1 Å². The average molecular weight is 377 g/mol. The third kappa shape index (κ3) is 3.30. The summed E-state index contributed by atoms with van der Waals surface area (Å²) in [5.74, 6) is -0.130. The summed E-state index contributed by atoms with van der Waals surface area (Å²) in [5.41, 5.74) is 10.2. The number of ether oxygens (including phenoxy) is 1. The number of nitrogens with one attached hydrogen (secondary N) is 1. The van der Waals surface area contributed by atoms with Crippen molar-refractivity contribution < 1.29 is 33.5 Å². The summed E-state index contributed by atoms with van der Waals surface area (Å²) in [6.07, 6.45) is -3.64. The van der Waals surface area contributed by atoms with Crippen LogP contribution in [0.5, 0.6) is 0 Å². The summed E-state index contributed by atoms with van der Waals surface area (Å²) in [6, 6.07) is 0. The molecule has 14 heteroatoms. The maximum absolute atomic E-state index is 12.0. The normalized spacial score (nSPS) is 29.2. The second-order valence-corrected chi connectivity index (χ2v) is 7.05. The maximum Gasteiger partial charge on any atom is 0.400 e. The number of nitrogens with zero attached hydrogens (tertiary/aromatic N) is 3. The van der Waals surface area contributed by atoms with Gasteiger partial charge in [-0.15, -0.1) is 0 Å². The summed E-state index contributed by atoms with van der Waals surface area (Å²) < 4.78 is 23.8. The minimum absolute atomic E-state index is 0.130. The first-order chi connectivity index (χ1) is 11.6. The number of fused-ring (bicyclic) bond motifs is 1. The van der Waals surface area contributed by atoms with Gasteiger partial charge in [0, 0.05) is 0 Å². The first-order valence-electron chi connectivity index (χ1n) is 7.12. The number of H-pyrrole nitrogens is 1. The lowest BCUT2D eigenvalue weighted by Gasteiger charge is -2.14. The van der Waals surface area contributed by atoms with Crippen LogP contribution < -0.4 is 21.4 Å². The number of hydrogen-bond acceptors (Lipinski definition) is 8. The van der Waals surface area contributed by atoms with Crippen molar-refractivity contribution >= 4 is 24.9 Å². The van der Waals surface area contributed by atoms with E-state index in [1.54, 1.807) is 7.05 Å². The fourth-order valence-corrected chi connectivity index (χ4v) is 3.09. The molecule has 0 spiro atoms. The SMILES string of the molecule is Cn1c[n+]([C@@H]2O[C@H](COP(N)(=O)O)[C@@H](O)[C@H]2O)c2nc(N)[nH]c(=O)c21. The summed E-state index contributed by atoms with van der Waals surface area (Å²) in [4.78, 5) is 27.4. The van der Waals surface area contributed by atoms with Crippen molar-refractivity contribution in [2.24, 2.45) is 12.6 Å². The molecule has 8 N–H and O–H groups in total. The minimum atomic E-state index is -4.26. The molecular formula is C11H18N6O7P+. The van der Waals surface area contributed by atoms with Gasteiger partial charge in [-0.2, -0.15) is 0 Å². The van der Waals surface area contributed by atoms with E-state index in [2.05, 4.69) is 14.5 Å². The van der Waals surface area contributed by atoms with Gasteiger partial charge in [-0.3, -0.25) is 18.9 Å². The van der Waals surface area contributed by atoms with Crippen LogP contribution in [0.2, 0.25) is 0 Å². The first-order valence-corrected chi connectivity index (χ1v) is 8.76. The number of nitrogen functional groups attached to an aromatic ring is 1. The van der Waals surface area contributed by atoms with E-state index in [0.29, 0.717) is 0 Å². The predicted molar refractivity (Wildman–Crippen MR) is 81.8 cm³/mol. The summed E-state index contributed by atoms with van der Waals surface area (Å²) in [5, 5.41) is 20.3. The fourth-order valence-electron chi connectivity index (χ4n) is 2.73. The Bertz CT molecular complexity index is 906. The smallest absolute Gasteiger partial charge is 0.387 e. The standard InChI is InChI=1S/C11H17N6O7P/c1-16-3-17(8-5(16)9(20)15-11(12)14-8)10-7(19)6(18)4(24-10)2-23-25(13,21)22/h3-4,6-7,10,18-19H,2H2,1H3,(H5-,12,13,14,15,20,21,22)/p+1/t4-,6-,7-,10-/m1/s1. The number of aromatic nitrogens is 4. The first kappa shape index (κ1) is 17.9. The molecular weight excluding hydrogens is 359 g/mol. The van der Waals surface area contributed by atoms with Crippen LogP contribution in [-0.2, 0) is 20.9 Å². The van der Waals surface area contributed by atoms with Crippen molar-refractivity contribution in [3.05, 3.63) is 16.7 Å². The van der Waals surface area contributed by atoms with Gasteiger partial charge >= 0.3 is 13.4 Å². The number of aliphatic hydroxyl groups is 2. The van der Waals surface area contributed by atoms with Crippen molar-refractivity contribution in [3.63, 3.8) is 0 Å². The van der Waals surface area contributed by atoms with Crippen molar-refractivity contribution in [1.82, 2.24) is 14.5 Å². The molecule has 0 radical (unpaired) electrons. The lowest BCUT2D eigenvalue weighted by atomic mass is 10.1. The van der Waals surface area contributed by atoms with Gasteiger partial charge in [-0.25, -0.2) is 14.6 Å². The van der Waals surface area contributed by atoms with Crippen molar-refractivity contribution in [2.45, 2.75) is 24.5 Å². The van der Waals surface area contributed by atoms with Crippen molar-refractivity contribution in [2.75, 3.05) is 12.3 Å². The molecule has 0 saturated carbocycles. The number of imidazole rings is 1. The molecule has 3 heterocycles. The number of rotatable bonds is 4. The van der Waals surface area contributed by atoms with Crippen LogP contribution in [0.3, 0.4) is 0 Å². The van der Waals surface area contributed by atoms with Crippen LogP contribution in [0.25, 0.3) is 11.2 Å². The van der Waals surface area contributed by atoms with Crippen molar-refractivity contribution in [3.8, 4) is 0 Å². The highest BCUT2D eigenvalue weighted by molar-refractivity contribution is 7.50. The molecule has 5 atom stereocenters. The van der Waals surface area contributed by atoms with Gasteiger partial charge in [-0.05, 0) is 0 Å². The van der Waals surface area contributed by atoms with Gasteiger partial charge in [0.2, 0.25) is 11.7 Å². The Morgan fingerprint density at radius 3 is 2.84 bits per heavy atom. The molecule has 2 aromatic heterocycles. The van der Waals surface area contributed by atoms with Crippen LogP contribution >= 0.6 is 7.75 Å². The molecule has 1 aliphatic heterocycles. The second-order valence-electron chi connectivity index (χ2n) is 5.66. The Hall–Kier alpha value is -1.86. The zero-order valence-corrected chi connectivity index (χ0v) is 13.9. The Balaban J connectivity index is 1.96. The third-order valence-electron chi connectivity index (χ3n) is 3.82. The average Bonchev–Trinajstić information content (AvgIpc) is 2.95. The maximum atomic E-state index is 12.0. The van der Waals surface area contributed by atoms with E-state index in [0.717, 1.165) is 0 Å². The molecule has 1 unspecified atom stereocenters. The van der Waals surface area contributed by atoms with Gasteiger partial charge in [0.15, 0.2) is 6.33 Å². The quantitative estimate of drug-likeness (QED) is 0.233. The highest BCUT2D eigenvalue weighted by Crippen LogP contribution is 2.34. The van der Waals surface area contributed by atoms with Crippen LogP contribution in [0.1, 0.15) is 6.23 Å². The fraction of sp³-hybridized carbons (Fsp3) is 0.545. The molecule has 0 aromatic carbocycles. The Labute approximate surface area is 140 Å². The van der Waals surface area contributed by atoms with Crippen molar-refractivity contribution in [1.29, 1.82) is 0 Å². The van der Waals surface area contributed by atoms with Gasteiger partial charge in [0.1, 0.15) is 18.3 Å². The van der Waals surface area contributed by atoms with Crippen LogP contribution in [0.4, 0.5) is 5.95 Å². The van der Waals surface area contributed by atoms with E-state index in [1.165, 1.54) is 15.5 Å². The van der Waals surface area contributed by atoms with E-state index in [9.17, 15) is 19.6 Å². The summed E-state index contributed by atoms with van der Waals surface area (Å²) in [6.45, 7) is -0.513. The number of hydrogen-bond donors (Lipinski definition) is 6. The molecule has 13 nitrogen and oxygen atoms in total. The Morgan fingerprint density at radius 2 is 2.20 bits per heavy atom. The zero-order valence-electron chi connectivity index (χ0n) is 13.0. The molecule has 1 fully saturated rings. The third-order valence-corrected chi connectivity index (χ3v) is 4.34. The number of aliphatic hydroxyl groups excluding tert-OH is 2. The Kier molecular flexibility index (Phi) is 4.41. The van der Waals surface area contributed by atoms with Gasteiger partial charge in [-0.1, -0.05) is 4.98 Å². The molecule has 138 valence electrons. The van der Waals surface area contributed by atoms with Gasteiger partial charge < -0.3 is 25.6 Å². The topological polar surface area (TPSA) is 203 Å². The van der Waals surface area contributed by atoms with E-state index >= 15 is 0 Å². The van der Waals surface area contributed by atoms with Gasteiger partial charge in [0.25, 0.3) is 11.5 Å². The lowest BCUT2D eigenvalue weighted by Crippen LogP contribution is -2.46. The van der Waals surface area contributed by atoms with Crippen LogP contribution in [0, 0.1) is 0 Å². The number of aryl methyl sites for hydroxylation is 1. The molecule has 1 aliphatic rings. The van der Waals surface area contributed by atoms with E-state index < -0.39 is 44.5 Å². The Morgan fingerprint density at radius 1 is 1.52 bits per heavy atom. The second kappa shape index (κ2) is 6.14. The minimum Gasteiger partial charge on any atom is -0.387 e. The summed E-state index contributed by atoms with van der Waals surface area (Å²) in [7, 11) is -2.68. The molecule has 0 amide bonds. The lowest BCUT2D eigenvalue weighted by molar-refractivity contribution is -0.745. The molecule has 3 rings (SSSR count). The molecule has 1 saturated heterocycles. The molecule has 0 bridgehead atoms. The highest BCUT2D eigenvalue weighted by Gasteiger charge is 2.47. The predicted octanol–water partition coefficient (Wildman–Crippen LogP) is -3.17. The van der Waals surface area contributed by atoms with E-state index in [1.807, 2.05) is 0 Å². The number of nitrogens with two attached hydrogens (primary N) is 2. The number of aromatic amines is 1. The van der Waals surface area contributed by atoms with Gasteiger partial charge in [0.05, 0.1) is 13.7 Å². The summed E-state index contributed by atoms with van der Waals surface area (Å²) >= 11 is 0. The van der Waals surface area contributed by atoms with E-state index in [4.69, 9.17) is 20.9 Å². The molecule has 25 heavy (non-hydrogen) atoms.